The molecule has 2 atom stereocenters. The number of para-hydroxylation sites is 1. The van der Waals surface area contributed by atoms with Crippen LogP contribution in [0.15, 0.2) is 48.8 Å². The summed E-state index contributed by atoms with van der Waals surface area (Å²) in [5, 5.41) is 6.08. The Morgan fingerprint density at radius 2 is 2.17 bits per heavy atom. The van der Waals surface area contributed by atoms with E-state index in [1.54, 1.807) is 18.3 Å². The Balaban J connectivity index is 1.74. The number of amides is 1. The Bertz CT molecular complexity index is 733. The summed E-state index contributed by atoms with van der Waals surface area (Å²) in [6, 6.07) is 10.6. The second kappa shape index (κ2) is 7.12. The van der Waals surface area contributed by atoms with Crippen molar-refractivity contribution in [2.75, 3.05) is 19.0 Å². The molecule has 24 heavy (non-hydrogen) atoms. The number of carbonyl (C=O) groups is 2. The van der Waals surface area contributed by atoms with Crippen molar-refractivity contribution in [2.24, 2.45) is 0 Å². The molecular weight excluding hydrogens is 306 g/mol. The van der Waals surface area contributed by atoms with E-state index in [4.69, 9.17) is 4.74 Å². The second-order valence-electron chi connectivity index (χ2n) is 5.69. The van der Waals surface area contributed by atoms with Crippen molar-refractivity contribution in [1.29, 1.82) is 0 Å². The van der Waals surface area contributed by atoms with Crippen LogP contribution >= 0.6 is 0 Å². The number of nitrogens with zero attached hydrogens (tertiary/aromatic N) is 1. The van der Waals surface area contributed by atoms with Crippen LogP contribution in [0, 0.1) is 0 Å². The highest BCUT2D eigenvalue weighted by molar-refractivity contribution is 5.96. The molecule has 1 aliphatic heterocycles. The molecule has 0 aliphatic carbocycles. The van der Waals surface area contributed by atoms with E-state index < -0.39 is 12.0 Å². The molecule has 0 spiro atoms. The number of rotatable bonds is 5. The summed E-state index contributed by atoms with van der Waals surface area (Å²) in [6.07, 6.45) is 3.54. The van der Waals surface area contributed by atoms with E-state index in [0.29, 0.717) is 12.0 Å². The van der Waals surface area contributed by atoms with Crippen molar-refractivity contribution in [2.45, 2.75) is 18.4 Å². The van der Waals surface area contributed by atoms with Crippen molar-refractivity contribution in [1.82, 2.24) is 10.3 Å². The number of aromatic nitrogens is 1. The molecule has 0 saturated heterocycles. The summed E-state index contributed by atoms with van der Waals surface area (Å²) in [7, 11) is 1.33. The van der Waals surface area contributed by atoms with E-state index in [1.807, 2.05) is 24.3 Å². The molecule has 0 radical (unpaired) electrons. The van der Waals surface area contributed by atoms with Gasteiger partial charge < -0.3 is 15.4 Å². The number of anilines is 1. The van der Waals surface area contributed by atoms with E-state index in [2.05, 4.69) is 15.6 Å². The predicted octanol–water partition coefficient (Wildman–Crippen LogP) is 1.95. The van der Waals surface area contributed by atoms with E-state index in [-0.39, 0.29) is 11.8 Å². The van der Waals surface area contributed by atoms with Crippen LogP contribution in [0.1, 0.15) is 28.3 Å². The molecule has 0 fully saturated rings. The minimum atomic E-state index is -0.708. The topological polar surface area (TPSA) is 80.3 Å². The number of pyridine rings is 1. The van der Waals surface area contributed by atoms with Crippen LogP contribution < -0.4 is 10.6 Å². The molecule has 1 aromatic carbocycles. The third-order valence-corrected chi connectivity index (χ3v) is 4.17. The summed E-state index contributed by atoms with van der Waals surface area (Å²) in [5.74, 6) is -0.645. The zero-order chi connectivity index (χ0) is 16.9. The number of hydrogen-bond acceptors (Lipinski definition) is 5. The number of esters is 1. The highest BCUT2D eigenvalue weighted by Gasteiger charge is 2.30. The van der Waals surface area contributed by atoms with Crippen LogP contribution in [0.2, 0.25) is 0 Å². The fourth-order valence-corrected chi connectivity index (χ4v) is 2.95. The molecule has 2 heterocycles. The van der Waals surface area contributed by atoms with Gasteiger partial charge in [0.25, 0.3) is 5.91 Å². The largest absolute Gasteiger partial charge is 0.467 e. The minimum Gasteiger partial charge on any atom is -0.467 e. The molecule has 1 aromatic heterocycles. The molecular formula is C18H19N3O3. The van der Waals surface area contributed by atoms with Crippen LogP contribution in [0.25, 0.3) is 0 Å². The summed E-state index contributed by atoms with van der Waals surface area (Å²) >= 11 is 0. The highest BCUT2D eigenvalue weighted by Crippen LogP contribution is 2.34. The molecule has 1 aliphatic rings. The van der Waals surface area contributed by atoms with E-state index in [9.17, 15) is 9.59 Å². The normalized spacial score (nSPS) is 16.6. The van der Waals surface area contributed by atoms with Crippen LogP contribution in [-0.2, 0) is 9.53 Å². The Morgan fingerprint density at radius 1 is 1.33 bits per heavy atom. The van der Waals surface area contributed by atoms with Crippen molar-refractivity contribution in [3.63, 3.8) is 0 Å². The zero-order valence-electron chi connectivity index (χ0n) is 13.4. The fourth-order valence-electron chi connectivity index (χ4n) is 2.95. The summed E-state index contributed by atoms with van der Waals surface area (Å²) in [5.41, 5.74) is 2.64. The lowest BCUT2D eigenvalue weighted by Gasteiger charge is -2.20. The molecule has 3 rings (SSSR count). The van der Waals surface area contributed by atoms with Gasteiger partial charge in [0.15, 0.2) is 0 Å². The van der Waals surface area contributed by atoms with Gasteiger partial charge in [-0.1, -0.05) is 18.2 Å². The first kappa shape index (κ1) is 16.0. The van der Waals surface area contributed by atoms with Crippen LogP contribution in [-0.4, -0.2) is 36.6 Å². The summed E-state index contributed by atoms with van der Waals surface area (Å²) < 4.78 is 4.86. The number of fused-ring (bicyclic) bond motifs is 1. The minimum absolute atomic E-state index is 0.138. The maximum Gasteiger partial charge on any atom is 0.328 e. The molecule has 2 N–H and O–H groups in total. The van der Waals surface area contributed by atoms with Gasteiger partial charge in [0.05, 0.1) is 12.7 Å². The molecule has 0 saturated carbocycles. The molecule has 1 amide bonds. The lowest BCUT2D eigenvalue weighted by atomic mass is 9.93. The van der Waals surface area contributed by atoms with Gasteiger partial charge in [-0.15, -0.1) is 0 Å². The average molecular weight is 325 g/mol. The molecule has 2 aromatic rings. The van der Waals surface area contributed by atoms with Crippen molar-refractivity contribution < 1.29 is 14.3 Å². The standard InChI is InChI=1S/C18H19N3O3/c1-24-18(23)16(21-17(22)12-5-4-8-19-10-12)9-13-11-20-15-7-3-2-6-14(13)15/h2-8,10,13,16,20H,9,11H2,1H3,(H,21,22). The lowest BCUT2D eigenvalue weighted by molar-refractivity contribution is -0.143. The maximum absolute atomic E-state index is 12.3. The maximum atomic E-state index is 12.3. The number of hydrogen-bond donors (Lipinski definition) is 2. The fraction of sp³-hybridized carbons (Fsp3) is 0.278. The Labute approximate surface area is 140 Å². The van der Waals surface area contributed by atoms with Crippen molar-refractivity contribution in [3.8, 4) is 0 Å². The van der Waals surface area contributed by atoms with Gasteiger partial charge in [-0.2, -0.15) is 0 Å². The quantitative estimate of drug-likeness (QED) is 0.821. The highest BCUT2D eigenvalue weighted by atomic mass is 16.5. The summed E-state index contributed by atoms with van der Waals surface area (Å²) in [6.45, 7) is 0.732. The zero-order valence-corrected chi connectivity index (χ0v) is 13.4. The van der Waals surface area contributed by atoms with Gasteiger partial charge in [-0.25, -0.2) is 4.79 Å². The van der Waals surface area contributed by atoms with Crippen molar-refractivity contribution in [3.05, 3.63) is 59.9 Å². The smallest absolute Gasteiger partial charge is 0.328 e. The lowest BCUT2D eigenvalue weighted by Crippen LogP contribution is -2.42. The van der Waals surface area contributed by atoms with Gasteiger partial charge >= 0.3 is 5.97 Å². The van der Waals surface area contributed by atoms with Crippen LogP contribution in [0.4, 0.5) is 5.69 Å². The first-order valence-electron chi connectivity index (χ1n) is 7.80. The van der Waals surface area contributed by atoms with Gasteiger partial charge in [-0.05, 0) is 30.2 Å². The average Bonchev–Trinajstić information content (AvgIpc) is 3.04. The van der Waals surface area contributed by atoms with Gasteiger partial charge in [0.2, 0.25) is 0 Å². The number of methoxy groups -OCH3 is 1. The van der Waals surface area contributed by atoms with E-state index in [0.717, 1.165) is 17.8 Å². The number of benzene rings is 1. The first-order chi connectivity index (χ1) is 11.7. The summed E-state index contributed by atoms with van der Waals surface area (Å²) in [4.78, 5) is 28.3. The van der Waals surface area contributed by atoms with Gasteiger partial charge in [-0.3, -0.25) is 9.78 Å². The second-order valence-corrected chi connectivity index (χ2v) is 5.69. The first-order valence-corrected chi connectivity index (χ1v) is 7.80. The molecule has 0 bridgehead atoms. The third kappa shape index (κ3) is 3.37. The van der Waals surface area contributed by atoms with Crippen LogP contribution in [0.3, 0.4) is 0 Å². The van der Waals surface area contributed by atoms with E-state index >= 15 is 0 Å². The van der Waals surface area contributed by atoms with Gasteiger partial charge in [0.1, 0.15) is 6.04 Å². The van der Waals surface area contributed by atoms with Gasteiger partial charge in [0, 0.05) is 30.5 Å². The molecule has 124 valence electrons. The van der Waals surface area contributed by atoms with Crippen molar-refractivity contribution >= 4 is 17.6 Å². The number of nitrogens with one attached hydrogen (secondary N) is 2. The van der Waals surface area contributed by atoms with Crippen LogP contribution in [0.5, 0.6) is 0 Å². The molecule has 6 heteroatoms. The van der Waals surface area contributed by atoms with E-state index in [1.165, 1.54) is 13.3 Å². The third-order valence-electron chi connectivity index (χ3n) is 4.17. The number of carbonyl (C=O) groups excluding carboxylic acids is 2. The molecule has 6 nitrogen and oxygen atoms in total. The predicted molar refractivity (Wildman–Crippen MR) is 89.8 cm³/mol. The number of ether oxygens (including phenoxy) is 1. The monoisotopic (exact) mass is 325 g/mol. The Morgan fingerprint density at radius 3 is 2.92 bits per heavy atom. The Kier molecular flexibility index (Phi) is 4.74. The Hall–Kier alpha value is -2.89. The molecule has 2 unspecified atom stereocenters. The SMILES string of the molecule is COC(=O)C(CC1CNc2ccccc21)NC(=O)c1cccnc1.